The van der Waals surface area contributed by atoms with Gasteiger partial charge in [0.25, 0.3) is 0 Å². The van der Waals surface area contributed by atoms with Crippen LogP contribution >= 0.6 is 11.6 Å². The number of aryl methyl sites for hydroxylation is 1. The average Bonchev–Trinajstić information content (AvgIpc) is 2.31. The van der Waals surface area contributed by atoms with Gasteiger partial charge in [-0.2, -0.15) is 0 Å². The van der Waals surface area contributed by atoms with E-state index >= 15 is 0 Å². The molecule has 0 aliphatic carbocycles. The first-order chi connectivity index (χ1) is 5.27. The number of rotatable bonds is 0. The lowest BCUT2D eigenvalue weighted by Crippen LogP contribution is -1.86. The molecule has 0 bridgehead atoms. The van der Waals surface area contributed by atoms with Crippen LogP contribution < -0.4 is 0 Å². The van der Waals surface area contributed by atoms with Crippen molar-refractivity contribution in [3.8, 4) is 0 Å². The minimum Gasteiger partial charge on any atom is -0.303 e. The third-order valence-corrected chi connectivity index (χ3v) is 1.85. The van der Waals surface area contributed by atoms with Crippen LogP contribution in [0.15, 0.2) is 24.4 Å². The molecule has 0 amide bonds. The van der Waals surface area contributed by atoms with Crippen LogP contribution in [0.25, 0.3) is 5.65 Å². The summed E-state index contributed by atoms with van der Waals surface area (Å²) in [6.07, 6.45) is 1.81. The molecule has 0 aliphatic heterocycles. The SMILES string of the molecule is Cc1cccc2nc(Cl)cn12. The van der Waals surface area contributed by atoms with E-state index in [-0.39, 0.29) is 0 Å². The molecule has 0 fully saturated rings. The number of pyridine rings is 1. The highest BCUT2D eigenvalue weighted by atomic mass is 35.5. The highest BCUT2D eigenvalue weighted by molar-refractivity contribution is 6.29. The van der Waals surface area contributed by atoms with E-state index in [1.807, 2.05) is 35.7 Å². The highest BCUT2D eigenvalue weighted by Crippen LogP contribution is 2.11. The van der Waals surface area contributed by atoms with Crippen molar-refractivity contribution in [1.29, 1.82) is 0 Å². The molecule has 0 saturated heterocycles. The van der Waals surface area contributed by atoms with Crippen LogP contribution in [0.5, 0.6) is 0 Å². The summed E-state index contributed by atoms with van der Waals surface area (Å²) in [5.74, 6) is 0. The molecule has 2 aromatic heterocycles. The first-order valence-electron chi connectivity index (χ1n) is 3.37. The van der Waals surface area contributed by atoms with Crippen LogP contribution in [0, 0.1) is 6.92 Å². The molecular formula is C8H7ClN2. The molecule has 2 aromatic rings. The lowest BCUT2D eigenvalue weighted by atomic mass is 10.4. The van der Waals surface area contributed by atoms with Crippen LogP contribution in [-0.4, -0.2) is 9.38 Å². The van der Waals surface area contributed by atoms with E-state index in [1.165, 1.54) is 0 Å². The first kappa shape index (κ1) is 6.68. The van der Waals surface area contributed by atoms with Crippen molar-refractivity contribution in [2.45, 2.75) is 6.92 Å². The number of hydrogen-bond donors (Lipinski definition) is 0. The van der Waals surface area contributed by atoms with E-state index in [4.69, 9.17) is 11.6 Å². The normalized spacial score (nSPS) is 10.7. The third kappa shape index (κ3) is 0.994. The van der Waals surface area contributed by atoms with Crippen LogP contribution in [0.1, 0.15) is 5.69 Å². The van der Waals surface area contributed by atoms with Crippen LogP contribution in [0.4, 0.5) is 0 Å². The van der Waals surface area contributed by atoms with Gasteiger partial charge in [-0.15, -0.1) is 0 Å². The zero-order chi connectivity index (χ0) is 7.84. The lowest BCUT2D eigenvalue weighted by Gasteiger charge is -1.95. The topological polar surface area (TPSA) is 17.3 Å². The van der Waals surface area contributed by atoms with Gasteiger partial charge in [0.1, 0.15) is 10.8 Å². The smallest absolute Gasteiger partial charge is 0.148 e. The minimum absolute atomic E-state index is 0.541. The summed E-state index contributed by atoms with van der Waals surface area (Å²) < 4.78 is 1.96. The largest absolute Gasteiger partial charge is 0.303 e. The molecule has 2 rings (SSSR count). The molecule has 3 heteroatoms. The average molecular weight is 167 g/mol. The van der Waals surface area contributed by atoms with Crippen molar-refractivity contribution in [1.82, 2.24) is 9.38 Å². The summed E-state index contributed by atoms with van der Waals surface area (Å²) in [6, 6.07) is 5.91. The predicted octanol–water partition coefficient (Wildman–Crippen LogP) is 2.30. The van der Waals surface area contributed by atoms with Crippen molar-refractivity contribution >= 4 is 17.2 Å². The molecule has 0 unspecified atom stereocenters. The van der Waals surface area contributed by atoms with E-state index in [2.05, 4.69) is 4.98 Å². The van der Waals surface area contributed by atoms with Crippen LogP contribution in [0.2, 0.25) is 5.15 Å². The quantitative estimate of drug-likeness (QED) is 0.587. The number of imidazole rings is 1. The molecular weight excluding hydrogens is 160 g/mol. The number of hydrogen-bond acceptors (Lipinski definition) is 1. The second kappa shape index (κ2) is 2.24. The van der Waals surface area contributed by atoms with E-state index in [1.54, 1.807) is 0 Å². The molecule has 2 heterocycles. The third-order valence-electron chi connectivity index (χ3n) is 1.67. The molecule has 0 spiro atoms. The van der Waals surface area contributed by atoms with E-state index in [9.17, 15) is 0 Å². The summed E-state index contributed by atoms with van der Waals surface area (Å²) in [5.41, 5.74) is 2.04. The molecule has 0 radical (unpaired) electrons. The fraction of sp³-hybridized carbons (Fsp3) is 0.125. The van der Waals surface area contributed by atoms with Gasteiger partial charge in [0.15, 0.2) is 0 Å². The van der Waals surface area contributed by atoms with E-state index in [0.717, 1.165) is 11.3 Å². The van der Waals surface area contributed by atoms with Gasteiger partial charge in [0.05, 0.1) is 0 Å². The van der Waals surface area contributed by atoms with Crippen molar-refractivity contribution in [3.05, 3.63) is 35.2 Å². The summed E-state index contributed by atoms with van der Waals surface area (Å²) in [4.78, 5) is 4.10. The van der Waals surface area contributed by atoms with Crippen molar-refractivity contribution in [2.75, 3.05) is 0 Å². The summed E-state index contributed by atoms with van der Waals surface area (Å²) in [7, 11) is 0. The zero-order valence-corrected chi connectivity index (χ0v) is 6.84. The Morgan fingerprint density at radius 2 is 2.27 bits per heavy atom. The maximum Gasteiger partial charge on any atom is 0.148 e. The fourth-order valence-corrected chi connectivity index (χ4v) is 1.30. The van der Waals surface area contributed by atoms with Gasteiger partial charge in [-0.1, -0.05) is 17.7 Å². The Hall–Kier alpha value is -1.02. The Balaban J connectivity index is 2.90. The Morgan fingerprint density at radius 1 is 1.45 bits per heavy atom. The van der Waals surface area contributed by atoms with Crippen molar-refractivity contribution in [2.24, 2.45) is 0 Å². The molecule has 2 nitrogen and oxygen atoms in total. The number of halogens is 1. The molecule has 0 aromatic carbocycles. The molecule has 0 aliphatic rings. The van der Waals surface area contributed by atoms with Gasteiger partial charge >= 0.3 is 0 Å². The highest BCUT2D eigenvalue weighted by Gasteiger charge is 1.98. The number of aromatic nitrogens is 2. The molecule has 0 N–H and O–H groups in total. The summed E-state index contributed by atoms with van der Waals surface area (Å²) in [6.45, 7) is 2.02. The minimum atomic E-state index is 0.541. The maximum atomic E-state index is 5.72. The molecule has 0 saturated carbocycles. The second-order valence-electron chi connectivity index (χ2n) is 2.46. The van der Waals surface area contributed by atoms with Crippen molar-refractivity contribution in [3.63, 3.8) is 0 Å². The Kier molecular flexibility index (Phi) is 1.36. The van der Waals surface area contributed by atoms with Crippen molar-refractivity contribution < 1.29 is 0 Å². The number of fused-ring (bicyclic) bond motifs is 1. The fourth-order valence-electron chi connectivity index (χ4n) is 1.12. The number of nitrogens with zero attached hydrogens (tertiary/aromatic N) is 2. The molecule has 0 atom stereocenters. The Bertz CT molecular complexity index is 392. The Morgan fingerprint density at radius 3 is 3.00 bits per heavy atom. The van der Waals surface area contributed by atoms with E-state index < -0.39 is 0 Å². The van der Waals surface area contributed by atoms with Gasteiger partial charge in [-0.3, -0.25) is 0 Å². The monoisotopic (exact) mass is 166 g/mol. The van der Waals surface area contributed by atoms with E-state index in [0.29, 0.717) is 5.15 Å². The lowest BCUT2D eigenvalue weighted by molar-refractivity contribution is 1.09. The first-order valence-corrected chi connectivity index (χ1v) is 3.75. The van der Waals surface area contributed by atoms with Gasteiger partial charge in [-0.05, 0) is 19.1 Å². The van der Waals surface area contributed by atoms with Crippen LogP contribution in [0.3, 0.4) is 0 Å². The maximum absolute atomic E-state index is 5.72. The van der Waals surface area contributed by atoms with Gasteiger partial charge in [0.2, 0.25) is 0 Å². The predicted molar refractivity (Wildman–Crippen MR) is 44.9 cm³/mol. The van der Waals surface area contributed by atoms with Gasteiger partial charge in [0, 0.05) is 11.9 Å². The standard InChI is InChI=1S/C8H7ClN2/c1-6-3-2-4-8-10-7(9)5-11(6)8/h2-5H,1H3. The molecule has 56 valence electrons. The Labute approximate surface area is 69.4 Å². The second-order valence-corrected chi connectivity index (χ2v) is 2.85. The van der Waals surface area contributed by atoms with Gasteiger partial charge in [-0.25, -0.2) is 4.98 Å². The van der Waals surface area contributed by atoms with Gasteiger partial charge < -0.3 is 4.40 Å². The molecule has 11 heavy (non-hydrogen) atoms. The summed E-state index contributed by atoms with van der Waals surface area (Å²) >= 11 is 5.72. The summed E-state index contributed by atoms with van der Waals surface area (Å²) in [5, 5.41) is 0.541. The zero-order valence-electron chi connectivity index (χ0n) is 6.08. The van der Waals surface area contributed by atoms with Crippen LogP contribution in [-0.2, 0) is 0 Å².